The lowest BCUT2D eigenvalue weighted by molar-refractivity contribution is -0.720. The van der Waals surface area contributed by atoms with E-state index in [9.17, 15) is 0 Å². The van der Waals surface area contributed by atoms with E-state index in [1.54, 1.807) is 0 Å². The first-order valence-electron chi connectivity index (χ1n) is 5.27. The molecular formula is C14H15N2+. The van der Waals surface area contributed by atoms with Crippen LogP contribution in [0.1, 0.15) is 11.1 Å². The molecule has 0 amide bonds. The molecular weight excluding hydrogens is 196 g/mol. The molecule has 2 aromatic rings. The maximum absolute atomic E-state index is 4.31. The average Bonchev–Trinajstić information content (AvgIpc) is 2.31. The van der Waals surface area contributed by atoms with Crippen molar-refractivity contribution in [3.05, 3.63) is 54.2 Å². The number of hydrogen-bond donors (Lipinski definition) is 0. The van der Waals surface area contributed by atoms with Crippen LogP contribution in [0.3, 0.4) is 0 Å². The van der Waals surface area contributed by atoms with Crippen LogP contribution >= 0.6 is 0 Å². The van der Waals surface area contributed by atoms with Crippen LogP contribution in [0, 0.1) is 6.92 Å². The molecule has 80 valence electrons. The highest BCUT2D eigenvalue weighted by Crippen LogP contribution is 2.19. The molecule has 0 saturated carbocycles. The SMILES string of the molecule is C=Cc1cn[n+](C)c(-c2ccccc2C)c1. The molecule has 1 aromatic heterocycles. The van der Waals surface area contributed by atoms with Crippen LogP contribution in [0.25, 0.3) is 17.3 Å². The zero-order valence-corrected chi connectivity index (χ0v) is 9.64. The molecule has 0 aliphatic heterocycles. The zero-order chi connectivity index (χ0) is 11.5. The summed E-state index contributed by atoms with van der Waals surface area (Å²) in [5, 5.41) is 4.31. The third-order valence-electron chi connectivity index (χ3n) is 2.69. The molecule has 2 nitrogen and oxygen atoms in total. The second kappa shape index (κ2) is 4.27. The highest BCUT2D eigenvalue weighted by molar-refractivity contribution is 5.63. The van der Waals surface area contributed by atoms with Gasteiger partial charge in [0.1, 0.15) is 6.20 Å². The quantitative estimate of drug-likeness (QED) is 0.697. The van der Waals surface area contributed by atoms with Crippen LogP contribution in [0.5, 0.6) is 0 Å². The van der Waals surface area contributed by atoms with Gasteiger partial charge in [0, 0.05) is 11.6 Å². The second-order valence-electron chi connectivity index (χ2n) is 3.82. The maximum Gasteiger partial charge on any atom is 0.239 e. The standard InChI is InChI=1S/C14H15N2/c1-4-12-9-14(16(3)15-10-12)13-8-6-5-7-11(13)2/h4-10H,1H2,2-3H3/q+1. The molecule has 0 atom stereocenters. The molecule has 0 radical (unpaired) electrons. The Labute approximate surface area is 95.9 Å². The van der Waals surface area contributed by atoms with Gasteiger partial charge in [-0.25, -0.2) is 0 Å². The number of aryl methyl sites for hydroxylation is 2. The Hall–Kier alpha value is -1.96. The molecule has 2 rings (SSSR count). The Bertz CT molecular complexity index is 530. The van der Waals surface area contributed by atoms with Gasteiger partial charge in [-0.15, -0.1) is 0 Å². The summed E-state index contributed by atoms with van der Waals surface area (Å²) >= 11 is 0. The molecule has 0 bridgehead atoms. The number of benzene rings is 1. The molecule has 0 spiro atoms. The lowest BCUT2D eigenvalue weighted by atomic mass is 10.0. The fraction of sp³-hybridized carbons (Fsp3) is 0.143. The third kappa shape index (κ3) is 1.87. The largest absolute Gasteiger partial charge is 0.239 e. The molecule has 0 N–H and O–H groups in total. The van der Waals surface area contributed by atoms with Crippen LogP contribution in [0.4, 0.5) is 0 Å². The minimum absolute atomic E-state index is 1.04. The van der Waals surface area contributed by atoms with E-state index in [4.69, 9.17) is 0 Å². The van der Waals surface area contributed by atoms with Gasteiger partial charge < -0.3 is 0 Å². The predicted molar refractivity (Wildman–Crippen MR) is 65.7 cm³/mol. The van der Waals surface area contributed by atoms with Gasteiger partial charge in [-0.1, -0.05) is 35.5 Å². The van der Waals surface area contributed by atoms with E-state index in [-0.39, 0.29) is 0 Å². The van der Waals surface area contributed by atoms with Crippen LogP contribution < -0.4 is 4.68 Å². The van der Waals surface area contributed by atoms with Gasteiger partial charge in [-0.2, -0.15) is 0 Å². The highest BCUT2D eigenvalue weighted by Gasteiger charge is 2.13. The summed E-state index contributed by atoms with van der Waals surface area (Å²) in [6.45, 7) is 5.88. The average molecular weight is 211 g/mol. The highest BCUT2D eigenvalue weighted by atomic mass is 15.2. The zero-order valence-electron chi connectivity index (χ0n) is 9.64. The van der Waals surface area contributed by atoms with E-state index in [0.29, 0.717) is 0 Å². The number of rotatable bonds is 2. The van der Waals surface area contributed by atoms with Gasteiger partial charge in [0.25, 0.3) is 0 Å². The van der Waals surface area contributed by atoms with Gasteiger partial charge in [0.05, 0.1) is 5.56 Å². The summed E-state index contributed by atoms with van der Waals surface area (Å²) in [6.07, 6.45) is 3.63. The van der Waals surface area contributed by atoms with Gasteiger partial charge in [-0.3, -0.25) is 0 Å². The molecule has 0 saturated heterocycles. The van der Waals surface area contributed by atoms with Crippen LogP contribution in [-0.2, 0) is 7.05 Å². The van der Waals surface area contributed by atoms with Crippen molar-refractivity contribution in [2.24, 2.45) is 7.05 Å². The summed E-state index contributed by atoms with van der Waals surface area (Å²) in [6, 6.07) is 10.4. The van der Waals surface area contributed by atoms with E-state index < -0.39 is 0 Å². The Morgan fingerprint density at radius 1 is 1.31 bits per heavy atom. The van der Waals surface area contributed by atoms with E-state index in [1.165, 1.54) is 11.1 Å². The first-order chi connectivity index (χ1) is 7.72. The van der Waals surface area contributed by atoms with Crippen molar-refractivity contribution >= 4 is 6.08 Å². The summed E-state index contributed by atoms with van der Waals surface area (Å²) in [5.74, 6) is 0. The number of aromatic nitrogens is 2. The van der Waals surface area contributed by atoms with Crippen LogP contribution in [0.2, 0.25) is 0 Å². The minimum Gasteiger partial charge on any atom is -0.0984 e. The normalized spacial score (nSPS) is 10.1. The minimum atomic E-state index is 1.04. The molecule has 16 heavy (non-hydrogen) atoms. The Balaban J connectivity index is 2.63. The fourth-order valence-corrected chi connectivity index (χ4v) is 1.73. The lowest BCUT2D eigenvalue weighted by Crippen LogP contribution is -2.35. The van der Waals surface area contributed by atoms with E-state index >= 15 is 0 Å². The predicted octanol–water partition coefficient (Wildman–Crippen LogP) is 2.52. The molecule has 1 aromatic carbocycles. The van der Waals surface area contributed by atoms with Crippen LogP contribution in [-0.4, -0.2) is 5.10 Å². The number of nitrogens with zero attached hydrogens (tertiary/aromatic N) is 2. The van der Waals surface area contributed by atoms with Crippen LogP contribution in [0.15, 0.2) is 43.1 Å². The van der Waals surface area contributed by atoms with Crippen molar-refractivity contribution in [1.82, 2.24) is 5.10 Å². The van der Waals surface area contributed by atoms with Crippen molar-refractivity contribution in [2.45, 2.75) is 6.92 Å². The van der Waals surface area contributed by atoms with E-state index in [0.717, 1.165) is 11.3 Å². The molecule has 2 heteroatoms. The van der Waals surface area contributed by atoms with Gasteiger partial charge in [-0.05, 0) is 23.7 Å². The molecule has 1 heterocycles. The van der Waals surface area contributed by atoms with Crippen molar-refractivity contribution < 1.29 is 4.68 Å². The molecule has 0 unspecified atom stereocenters. The Kier molecular flexibility index (Phi) is 2.82. The topological polar surface area (TPSA) is 16.8 Å². The molecule has 0 fully saturated rings. The summed E-state index contributed by atoms with van der Waals surface area (Å²) < 4.78 is 1.88. The smallest absolute Gasteiger partial charge is 0.0984 e. The van der Waals surface area contributed by atoms with Gasteiger partial charge in [0.15, 0.2) is 7.05 Å². The second-order valence-corrected chi connectivity index (χ2v) is 3.82. The Morgan fingerprint density at radius 3 is 2.75 bits per heavy atom. The van der Waals surface area contributed by atoms with E-state index in [2.05, 4.69) is 36.8 Å². The first kappa shape index (κ1) is 10.6. The maximum atomic E-state index is 4.31. The van der Waals surface area contributed by atoms with Crippen molar-refractivity contribution in [2.75, 3.05) is 0 Å². The van der Waals surface area contributed by atoms with Crippen molar-refractivity contribution in [3.8, 4) is 11.3 Å². The summed E-state index contributed by atoms with van der Waals surface area (Å²) in [4.78, 5) is 0. The van der Waals surface area contributed by atoms with Gasteiger partial charge in [0.2, 0.25) is 5.69 Å². The monoisotopic (exact) mass is 211 g/mol. The number of hydrogen-bond acceptors (Lipinski definition) is 1. The third-order valence-corrected chi connectivity index (χ3v) is 2.69. The lowest BCUT2D eigenvalue weighted by Gasteiger charge is -2.02. The molecule has 0 aliphatic rings. The molecule has 0 aliphatic carbocycles. The Morgan fingerprint density at radius 2 is 2.06 bits per heavy atom. The fourth-order valence-electron chi connectivity index (χ4n) is 1.73. The summed E-state index contributed by atoms with van der Waals surface area (Å²) in [5.41, 5.74) is 4.61. The van der Waals surface area contributed by atoms with E-state index in [1.807, 2.05) is 36.1 Å². The first-order valence-corrected chi connectivity index (χ1v) is 5.27. The summed E-state index contributed by atoms with van der Waals surface area (Å²) in [7, 11) is 1.95. The van der Waals surface area contributed by atoms with Crippen molar-refractivity contribution in [1.29, 1.82) is 0 Å². The van der Waals surface area contributed by atoms with Crippen molar-refractivity contribution in [3.63, 3.8) is 0 Å². The van der Waals surface area contributed by atoms with Gasteiger partial charge >= 0.3 is 0 Å².